The molecule has 0 aromatic carbocycles. The highest BCUT2D eigenvalue weighted by Crippen LogP contribution is 2.08. The highest BCUT2D eigenvalue weighted by atomic mass is 19.1. The average molecular weight is 132 g/mol. The molecular weight excluding hydrogens is 119 g/mol. The van der Waals surface area contributed by atoms with E-state index in [-0.39, 0.29) is 5.95 Å². The molecule has 54 valence electrons. The topological polar surface area (TPSA) is 29.3 Å². The van der Waals surface area contributed by atoms with Gasteiger partial charge in [-0.1, -0.05) is 6.92 Å². The van der Waals surface area contributed by atoms with E-state index in [0.29, 0.717) is 12.0 Å². The van der Waals surface area contributed by atoms with E-state index in [4.69, 9.17) is 5.84 Å². The summed E-state index contributed by atoms with van der Waals surface area (Å²) in [5, 5.41) is 0.985. The smallest absolute Gasteiger partial charge is 0.202 e. The second kappa shape index (κ2) is 3.45. The van der Waals surface area contributed by atoms with Crippen LogP contribution in [0.3, 0.4) is 0 Å². The van der Waals surface area contributed by atoms with Crippen LogP contribution >= 0.6 is 0 Å². The molecule has 0 amide bonds. The summed E-state index contributed by atoms with van der Waals surface area (Å²) in [6.45, 7) is 3.61. The first-order chi connectivity index (χ1) is 4.09. The van der Waals surface area contributed by atoms with Crippen LogP contribution < -0.4 is 5.84 Å². The van der Waals surface area contributed by atoms with Crippen molar-refractivity contribution in [3.8, 4) is 0 Å². The minimum Gasteiger partial charge on any atom is -0.290 e. The van der Waals surface area contributed by atoms with Crippen LogP contribution in [0.15, 0.2) is 11.5 Å². The molecule has 0 fully saturated rings. The van der Waals surface area contributed by atoms with Gasteiger partial charge in [0.1, 0.15) is 0 Å². The first kappa shape index (κ1) is 8.43. The molecule has 9 heavy (non-hydrogen) atoms. The van der Waals surface area contributed by atoms with E-state index in [0.717, 1.165) is 5.01 Å². The molecule has 2 nitrogen and oxygen atoms in total. The van der Waals surface area contributed by atoms with Crippen molar-refractivity contribution in [1.29, 1.82) is 0 Å². The molecule has 0 heterocycles. The molecule has 0 aromatic heterocycles. The van der Waals surface area contributed by atoms with Gasteiger partial charge in [-0.05, 0) is 18.9 Å². The van der Waals surface area contributed by atoms with Crippen molar-refractivity contribution in [2.75, 3.05) is 7.05 Å². The van der Waals surface area contributed by atoms with Gasteiger partial charge in [0.05, 0.1) is 0 Å². The Morgan fingerprint density at radius 3 is 2.22 bits per heavy atom. The van der Waals surface area contributed by atoms with Gasteiger partial charge in [-0.15, -0.1) is 0 Å². The quantitative estimate of drug-likeness (QED) is 0.349. The van der Waals surface area contributed by atoms with Crippen molar-refractivity contribution in [3.63, 3.8) is 0 Å². The predicted molar refractivity (Wildman–Crippen MR) is 36.0 cm³/mol. The molecule has 3 heteroatoms. The van der Waals surface area contributed by atoms with Crippen LogP contribution in [0.5, 0.6) is 0 Å². The van der Waals surface area contributed by atoms with Gasteiger partial charge >= 0.3 is 0 Å². The third-order valence-corrected chi connectivity index (χ3v) is 1.19. The first-order valence-electron chi connectivity index (χ1n) is 2.93. The third kappa shape index (κ3) is 2.46. The summed E-state index contributed by atoms with van der Waals surface area (Å²) >= 11 is 0. The lowest BCUT2D eigenvalue weighted by atomic mass is 10.2. The summed E-state index contributed by atoms with van der Waals surface area (Å²) in [4.78, 5) is 0. The SMILES string of the molecule is CC/C(C)=C(/F)N(C)N. The number of hydrogen-bond donors (Lipinski definition) is 1. The van der Waals surface area contributed by atoms with Crippen LogP contribution in [0.4, 0.5) is 4.39 Å². The normalized spacial score (nSPS) is 13.0. The largest absolute Gasteiger partial charge is 0.290 e. The minimum atomic E-state index is -0.336. The van der Waals surface area contributed by atoms with E-state index >= 15 is 0 Å². The van der Waals surface area contributed by atoms with E-state index < -0.39 is 0 Å². The van der Waals surface area contributed by atoms with Crippen molar-refractivity contribution in [2.45, 2.75) is 20.3 Å². The molecular formula is C6H13FN2. The average Bonchev–Trinajstić information content (AvgIpc) is 1.84. The van der Waals surface area contributed by atoms with Gasteiger partial charge in [-0.3, -0.25) is 5.01 Å². The zero-order valence-electron chi connectivity index (χ0n) is 6.11. The lowest BCUT2D eigenvalue weighted by molar-refractivity contribution is 0.322. The Morgan fingerprint density at radius 2 is 2.11 bits per heavy atom. The fourth-order valence-corrected chi connectivity index (χ4v) is 0.447. The van der Waals surface area contributed by atoms with Gasteiger partial charge in [0, 0.05) is 7.05 Å². The van der Waals surface area contributed by atoms with Crippen LogP contribution in [-0.4, -0.2) is 12.1 Å². The molecule has 2 N–H and O–H groups in total. The zero-order valence-corrected chi connectivity index (χ0v) is 6.11. The standard InChI is InChI=1S/C6H13FN2/c1-4-5(2)6(7)9(3)8/h4,8H2,1-3H3/b6-5-. The summed E-state index contributed by atoms with van der Waals surface area (Å²) in [5.41, 5.74) is 0.681. The Labute approximate surface area is 55.1 Å². The lowest BCUT2D eigenvalue weighted by Crippen LogP contribution is -2.23. The van der Waals surface area contributed by atoms with Crippen LogP contribution in [0.25, 0.3) is 0 Å². The fraction of sp³-hybridized carbons (Fsp3) is 0.667. The molecule has 0 atom stereocenters. The van der Waals surface area contributed by atoms with Crippen LogP contribution in [0.2, 0.25) is 0 Å². The third-order valence-electron chi connectivity index (χ3n) is 1.19. The van der Waals surface area contributed by atoms with E-state index in [2.05, 4.69) is 0 Å². The predicted octanol–water partition coefficient (Wildman–Crippen LogP) is 1.40. The van der Waals surface area contributed by atoms with Crippen molar-refractivity contribution in [3.05, 3.63) is 11.5 Å². The van der Waals surface area contributed by atoms with Crippen molar-refractivity contribution in [1.82, 2.24) is 5.01 Å². The van der Waals surface area contributed by atoms with E-state index in [9.17, 15) is 4.39 Å². The van der Waals surface area contributed by atoms with Crippen molar-refractivity contribution < 1.29 is 4.39 Å². The second-order valence-electron chi connectivity index (χ2n) is 2.04. The van der Waals surface area contributed by atoms with Crippen LogP contribution in [-0.2, 0) is 0 Å². The number of halogens is 1. The van der Waals surface area contributed by atoms with Gasteiger partial charge in [-0.2, -0.15) is 4.39 Å². The Bertz CT molecular complexity index is 118. The Morgan fingerprint density at radius 1 is 1.67 bits per heavy atom. The maximum absolute atomic E-state index is 12.6. The molecule has 0 aromatic rings. The van der Waals surface area contributed by atoms with E-state index in [1.54, 1.807) is 6.92 Å². The number of nitrogens with two attached hydrogens (primary N) is 1. The molecule has 0 rings (SSSR count). The van der Waals surface area contributed by atoms with Crippen LogP contribution in [0.1, 0.15) is 20.3 Å². The molecule has 0 aliphatic rings. The monoisotopic (exact) mass is 132 g/mol. The van der Waals surface area contributed by atoms with Gasteiger partial charge in [0.15, 0.2) is 0 Å². The van der Waals surface area contributed by atoms with Gasteiger partial charge in [-0.25, -0.2) is 5.84 Å². The van der Waals surface area contributed by atoms with Crippen LogP contribution in [0, 0.1) is 0 Å². The molecule has 0 aliphatic carbocycles. The maximum atomic E-state index is 12.6. The number of rotatable bonds is 2. The van der Waals surface area contributed by atoms with Crippen molar-refractivity contribution in [2.24, 2.45) is 5.84 Å². The van der Waals surface area contributed by atoms with Gasteiger partial charge in [0.25, 0.3) is 0 Å². The molecule has 0 bridgehead atoms. The number of hydrazine groups is 1. The highest BCUT2D eigenvalue weighted by molar-refractivity contribution is 5.01. The van der Waals surface area contributed by atoms with Gasteiger partial charge < -0.3 is 0 Å². The zero-order chi connectivity index (χ0) is 7.44. The number of allylic oxidation sites excluding steroid dienone is 1. The molecule has 0 saturated carbocycles. The Kier molecular flexibility index (Phi) is 3.24. The first-order valence-corrected chi connectivity index (χ1v) is 2.93. The van der Waals surface area contributed by atoms with Gasteiger partial charge in [0.2, 0.25) is 5.95 Å². The summed E-state index contributed by atoms with van der Waals surface area (Å²) < 4.78 is 12.6. The summed E-state index contributed by atoms with van der Waals surface area (Å²) in [7, 11) is 1.48. The highest BCUT2D eigenvalue weighted by Gasteiger charge is 2.00. The lowest BCUT2D eigenvalue weighted by Gasteiger charge is -2.10. The Balaban J connectivity index is 4.10. The molecule has 0 unspecified atom stereocenters. The Hall–Kier alpha value is -0.570. The van der Waals surface area contributed by atoms with E-state index in [1.165, 1.54) is 7.05 Å². The molecule has 0 saturated heterocycles. The summed E-state index contributed by atoms with van der Waals surface area (Å²) in [6.07, 6.45) is 0.702. The molecule has 0 spiro atoms. The van der Waals surface area contributed by atoms with Crippen molar-refractivity contribution >= 4 is 0 Å². The number of nitrogens with zero attached hydrogens (tertiary/aromatic N) is 1. The summed E-state index contributed by atoms with van der Waals surface area (Å²) in [5.74, 6) is 4.78. The van der Waals surface area contributed by atoms with E-state index in [1.807, 2.05) is 6.92 Å². The molecule has 0 aliphatic heterocycles. The second-order valence-corrected chi connectivity index (χ2v) is 2.04. The minimum absolute atomic E-state index is 0.336. The summed E-state index contributed by atoms with van der Waals surface area (Å²) in [6, 6.07) is 0. The number of hydrogen-bond acceptors (Lipinski definition) is 2. The molecule has 0 radical (unpaired) electrons. The maximum Gasteiger partial charge on any atom is 0.202 e. The fourth-order valence-electron chi connectivity index (χ4n) is 0.447.